The van der Waals surface area contributed by atoms with Crippen LogP contribution in [0, 0.1) is 13.8 Å². The fourth-order valence-electron chi connectivity index (χ4n) is 2.47. The van der Waals surface area contributed by atoms with Crippen molar-refractivity contribution in [2.45, 2.75) is 24.0 Å². The van der Waals surface area contributed by atoms with E-state index >= 15 is 0 Å². The summed E-state index contributed by atoms with van der Waals surface area (Å²) in [4.78, 5) is 0.331. The Morgan fingerprint density at radius 3 is 2.36 bits per heavy atom. The Hall–Kier alpha value is -2.12. The number of hydrogen-bond acceptors (Lipinski definition) is 6. The Labute approximate surface area is 151 Å². The molecule has 0 aliphatic carbocycles. The molecule has 0 N–H and O–H groups in total. The van der Waals surface area contributed by atoms with Gasteiger partial charge in [0.1, 0.15) is 0 Å². The molecule has 0 aliphatic heterocycles. The van der Waals surface area contributed by atoms with Gasteiger partial charge in [-0.25, -0.2) is 8.42 Å². The highest BCUT2D eigenvalue weighted by atomic mass is 32.2. The first kappa shape index (κ1) is 17.7. The topological polar surface area (TPSA) is 73.1 Å². The van der Waals surface area contributed by atoms with Crippen LogP contribution in [-0.4, -0.2) is 30.1 Å². The lowest BCUT2D eigenvalue weighted by Crippen LogP contribution is -2.08. The summed E-state index contributed by atoms with van der Waals surface area (Å²) < 4.78 is 30.1. The molecule has 0 spiro atoms. The lowest BCUT2D eigenvalue weighted by Gasteiger charge is -2.02. The van der Waals surface area contributed by atoms with Crippen LogP contribution in [0.4, 0.5) is 0 Å². The van der Waals surface area contributed by atoms with Crippen LogP contribution in [0.15, 0.2) is 63.1 Å². The fraction of sp³-hybridized carbons (Fsp3) is 0.222. The van der Waals surface area contributed by atoms with E-state index in [1.54, 1.807) is 30.3 Å². The Morgan fingerprint density at radius 1 is 1.00 bits per heavy atom. The molecule has 1 heterocycles. The monoisotopic (exact) mass is 374 g/mol. The van der Waals surface area contributed by atoms with Crippen LogP contribution in [-0.2, 0) is 9.84 Å². The van der Waals surface area contributed by atoms with Crippen molar-refractivity contribution in [3.05, 3.63) is 59.7 Å². The summed E-state index contributed by atoms with van der Waals surface area (Å²) in [6, 6.07) is 14.5. The maximum absolute atomic E-state index is 12.2. The third-order valence-electron chi connectivity index (χ3n) is 3.56. The van der Waals surface area contributed by atoms with Crippen LogP contribution in [0.25, 0.3) is 11.5 Å². The Balaban J connectivity index is 1.64. The number of aryl methyl sites for hydroxylation is 2. The molecule has 2 aromatic carbocycles. The minimum Gasteiger partial charge on any atom is -0.411 e. The predicted molar refractivity (Wildman–Crippen MR) is 98.4 cm³/mol. The highest BCUT2D eigenvalue weighted by Gasteiger charge is 2.15. The molecule has 0 aliphatic rings. The molecule has 130 valence electrons. The average Bonchev–Trinajstić information content (AvgIpc) is 3.04. The number of hydrogen-bond donors (Lipinski definition) is 0. The van der Waals surface area contributed by atoms with Gasteiger partial charge in [0.15, 0.2) is 9.84 Å². The Kier molecular flexibility index (Phi) is 5.24. The summed E-state index contributed by atoms with van der Waals surface area (Å²) >= 11 is 1.25. The van der Waals surface area contributed by atoms with Gasteiger partial charge in [0, 0.05) is 11.3 Å². The zero-order chi connectivity index (χ0) is 17.9. The third-order valence-corrected chi connectivity index (χ3v) is 6.37. The second-order valence-electron chi connectivity index (χ2n) is 5.73. The fourth-order valence-corrected chi connectivity index (χ4v) is 4.90. The molecule has 25 heavy (non-hydrogen) atoms. The number of benzene rings is 2. The first-order valence-corrected chi connectivity index (χ1v) is 10.4. The van der Waals surface area contributed by atoms with Crippen molar-refractivity contribution in [3.63, 3.8) is 0 Å². The molecule has 0 saturated carbocycles. The molecule has 0 unspecified atom stereocenters. The van der Waals surface area contributed by atoms with Crippen molar-refractivity contribution in [1.29, 1.82) is 0 Å². The lowest BCUT2D eigenvalue weighted by atomic mass is 10.1. The lowest BCUT2D eigenvalue weighted by molar-refractivity contribution is 0.466. The smallest absolute Gasteiger partial charge is 0.276 e. The quantitative estimate of drug-likeness (QED) is 0.609. The maximum Gasteiger partial charge on any atom is 0.276 e. The molecule has 0 radical (unpaired) electrons. The molecule has 1 aromatic heterocycles. The summed E-state index contributed by atoms with van der Waals surface area (Å²) in [5, 5.41) is 8.42. The second-order valence-corrected chi connectivity index (χ2v) is 8.89. The number of aromatic nitrogens is 2. The van der Waals surface area contributed by atoms with Crippen LogP contribution >= 0.6 is 11.8 Å². The number of sulfone groups is 1. The van der Waals surface area contributed by atoms with Crippen molar-refractivity contribution in [1.82, 2.24) is 10.2 Å². The first-order valence-electron chi connectivity index (χ1n) is 7.77. The van der Waals surface area contributed by atoms with E-state index in [1.165, 1.54) is 11.8 Å². The van der Waals surface area contributed by atoms with Gasteiger partial charge in [-0.05, 0) is 38.1 Å². The Morgan fingerprint density at radius 2 is 1.68 bits per heavy atom. The van der Waals surface area contributed by atoms with Crippen molar-refractivity contribution < 1.29 is 12.8 Å². The van der Waals surface area contributed by atoms with Crippen molar-refractivity contribution in [3.8, 4) is 11.5 Å². The molecule has 0 bridgehead atoms. The molecule has 5 nitrogen and oxygen atoms in total. The van der Waals surface area contributed by atoms with E-state index < -0.39 is 9.84 Å². The third kappa shape index (κ3) is 4.49. The number of nitrogens with zero attached hydrogens (tertiary/aromatic N) is 2. The van der Waals surface area contributed by atoms with Crippen LogP contribution < -0.4 is 0 Å². The Bertz CT molecular complexity index is 947. The maximum atomic E-state index is 12.2. The van der Waals surface area contributed by atoms with Gasteiger partial charge in [0.05, 0.1) is 10.6 Å². The molecule has 0 atom stereocenters. The van der Waals surface area contributed by atoms with Crippen molar-refractivity contribution in [2.24, 2.45) is 0 Å². The van der Waals surface area contributed by atoms with Gasteiger partial charge in [-0.1, -0.05) is 47.2 Å². The summed E-state index contributed by atoms with van der Waals surface area (Å²) in [6.07, 6.45) is 0. The van der Waals surface area contributed by atoms with Gasteiger partial charge >= 0.3 is 0 Å². The van der Waals surface area contributed by atoms with E-state index in [4.69, 9.17) is 4.42 Å². The summed E-state index contributed by atoms with van der Waals surface area (Å²) in [5.74, 6) is 0.814. The minimum absolute atomic E-state index is 0.0168. The van der Waals surface area contributed by atoms with Gasteiger partial charge in [-0.15, -0.1) is 10.2 Å². The van der Waals surface area contributed by atoms with Crippen LogP contribution in [0.5, 0.6) is 0 Å². The highest BCUT2D eigenvalue weighted by molar-refractivity contribution is 8.00. The van der Waals surface area contributed by atoms with Crippen LogP contribution in [0.3, 0.4) is 0 Å². The predicted octanol–water partition coefficient (Wildman–Crippen LogP) is 3.92. The molecule has 3 rings (SSSR count). The zero-order valence-corrected chi connectivity index (χ0v) is 15.6. The minimum atomic E-state index is -3.30. The van der Waals surface area contributed by atoms with Gasteiger partial charge in [-0.3, -0.25) is 0 Å². The van der Waals surface area contributed by atoms with Gasteiger partial charge in [-0.2, -0.15) is 0 Å². The average molecular weight is 374 g/mol. The van der Waals surface area contributed by atoms with Gasteiger partial charge < -0.3 is 4.42 Å². The molecular formula is C18H18N2O3S2. The number of rotatable bonds is 6. The van der Waals surface area contributed by atoms with E-state index in [0.29, 0.717) is 21.8 Å². The van der Waals surface area contributed by atoms with E-state index in [0.717, 1.165) is 16.7 Å². The second kappa shape index (κ2) is 7.41. The summed E-state index contributed by atoms with van der Waals surface area (Å²) in [7, 11) is -3.30. The SMILES string of the molecule is Cc1cc(C)cc(-c2nnc(SCCS(=O)(=O)c3ccccc3)o2)c1. The van der Waals surface area contributed by atoms with Crippen molar-refractivity contribution in [2.75, 3.05) is 11.5 Å². The van der Waals surface area contributed by atoms with Crippen LogP contribution in [0.2, 0.25) is 0 Å². The highest BCUT2D eigenvalue weighted by Crippen LogP contribution is 2.25. The summed E-state index contributed by atoms with van der Waals surface area (Å²) in [6.45, 7) is 4.02. The van der Waals surface area contributed by atoms with E-state index in [9.17, 15) is 8.42 Å². The molecular weight excluding hydrogens is 356 g/mol. The summed E-state index contributed by atoms with van der Waals surface area (Å²) in [5.41, 5.74) is 3.11. The van der Waals surface area contributed by atoms with Crippen LogP contribution in [0.1, 0.15) is 11.1 Å². The van der Waals surface area contributed by atoms with Gasteiger partial charge in [0.25, 0.3) is 5.22 Å². The van der Waals surface area contributed by atoms with E-state index in [-0.39, 0.29) is 5.75 Å². The molecule has 7 heteroatoms. The largest absolute Gasteiger partial charge is 0.411 e. The van der Waals surface area contributed by atoms with Gasteiger partial charge in [0.2, 0.25) is 5.89 Å². The van der Waals surface area contributed by atoms with E-state index in [2.05, 4.69) is 16.3 Å². The van der Waals surface area contributed by atoms with E-state index in [1.807, 2.05) is 26.0 Å². The molecule has 0 saturated heterocycles. The standard InChI is InChI=1S/C18H18N2O3S2/c1-13-10-14(2)12-15(11-13)17-19-20-18(23-17)24-8-9-25(21,22)16-6-4-3-5-7-16/h3-7,10-12H,8-9H2,1-2H3. The normalized spacial score (nSPS) is 11.6. The zero-order valence-electron chi connectivity index (χ0n) is 14.0. The first-order chi connectivity index (χ1) is 11.9. The van der Waals surface area contributed by atoms with Crippen molar-refractivity contribution >= 4 is 21.6 Å². The number of thioether (sulfide) groups is 1. The molecule has 0 fully saturated rings. The molecule has 3 aromatic rings. The molecule has 0 amide bonds.